The molecular formula is C21H34F3IN6. The van der Waals surface area contributed by atoms with Gasteiger partial charge in [-0.25, -0.2) is 4.98 Å². The number of alkyl halides is 3. The van der Waals surface area contributed by atoms with E-state index in [9.17, 15) is 13.2 Å². The first-order chi connectivity index (χ1) is 14.4. The van der Waals surface area contributed by atoms with Gasteiger partial charge in [0.2, 0.25) is 0 Å². The van der Waals surface area contributed by atoms with Crippen molar-refractivity contribution in [3.8, 4) is 0 Å². The molecule has 0 aromatic carbocycles. The molecule has 0 aliphatic carbocycles. The summed E-state index contributed by atoms with van der Waals surface area (Å²) in [6, 6.07) is 2.74. The molecule has 31 heavy (non-hydrogen) atoms. The Bertz CT molecular complexity index is 681. The molecule has 1 N–H and O–H groups in total. The minimum atomic E-state index is -4.19. The van der Waals surface area contributed by atoms with Crippen molar-refractivity contribution in [1.29, 1.82) is 0 Å². The minimum absolute atomic E-state index is 0. The lowest BCUT2D eigenvalue weighted by Crippen LogP contribution is -2.56. The van der Waals surface area contributed by atoms with E-state index in [4.69, 9.17) is 0 Å². The van der Waals surface area contributed by atoms with E-state index in [1.807, 2.05) is 11.1 Å². The van der Waals surface area contributed by atoms with Gasteiger partial charge in [-0.15, -0.1) is 24.0 Å². The zero-order valence-electron chi connectivity index (χ0n) is 18.4. The van der Waals surface area contributed by atoms with Crippen molar-refractivity contribution in [3.63, 3.8) is 0 Å². The number of halogens is 4. The number of rotatable bonds is 4. The van der Waals surface area contributed by atoms with Gasteiger partial charge in [-0.2, -0.15) is 13.2 Å². The maximum atomic E-state index is 12.9. The Morgan fingerprint density at radius 1 is 1.06 bits per heavy atom. The zero-order valence-corrected chi connectivity index (χ0v) is 20.7. The summed E-state index contributed by atoms with van der Waals surface area (Å²) in [5, 5.41) is 3.32. The Kier molecular flexibility index (Phi) is 10.1. The zero-order chi connectivity index (χ0) is 21.6. The van der Waals surface area contributed by atoms with Gasteiger partial charge in [-0.3, -0.25) is 9.89 Å². The maximum absolute atomic E-state index is 12.9. The minimum Gasteiger partial charge on any atom is -0.357 e. The second-order valence-electron chi connectivity index (χ2n) is 8.07. The molecule has 2 aliphatic rings. The van der Waals surface area contributed by atoms with Crippen LogP contribution in [0.1, 0.15) is 38.2 Å². The van der Waals surface area contributed by atoms with Crippen LogP contribution in [-0.2, 0) is 6.54 Å². The molecule has 10 heteroatoms. The van der Waals surface area contributed by atoms with Crippen LogP contribution in [0.4, 0.5) is 19.0 Å². The summed E-state index contributed by atoms with van der Waals surface area (Å²) in [6.07, 6.45) is 2.73. The highest BCUT2D eigenvalue weighted by molar-refractivity contribution is 14.0. The second-order valence-corrected chi connectivity index (χ2v) is 8.07. The average molecular weight is 554 g/mol. The first-order valence-electron chi connectivity index (χ1n) is 10.8. The van der Waals surface area contributed by atoms with Crippen LogP contribution >= 0.6 is 24.0 Å². The summed E-state index contributed by atoms with van der Waals surface area (Å²) < 4.78 is 38.8. The van der Waals surface area contributed by atoms with Crippen LogP contribution in [0.5, 0.6) is 0 Å². The predicted molar refractivity (Wildman–Crippen MR) is 129 cm³/mol. The third kappa shape index (κ3) is 7.37. The van der Waals surface area contributed by atoms with Gasteiger partial charge < -0.3 is 15.1 Å². The van der Waals surface area contributed by atoms with Gasteiger partial charge in [-0.05, 0) is 31.4 Å². The Morgan fingerprint density at radius 3 is 2.23 bits per heavy atom. The van der Waals surface area contributed by atoms with Crippen molar-refractivity contribution in [1.82, 2.24) is 20.1 Å². The van der Waals surface area contributed by atoms with Crippen molar-refractivity contribution in [3.05, 3.63) is 23.9 Å². The van der Waals surface area contributed by atoms with Gasteiger partial charge >= 0.3 is 6.18 Å². The first-order valence-corrected chi connectivity index (χ1v) is 10.8. The molecule has 0 saturated carbocycles. The molecule has 1 unspecified atom stereocenters. The molecule has 1 aromatic heterocycles. The van der Waals surface area contributed by atoms with Crippen molar-refractivity contribution in [2.45, 2.75) is 51.4 Å². The first kappa shape index (κ1) is 26.0. The number of aliphatic imine (C=N–C) groups is 1. The average Bonchev–Trinajstić information content (AvgIpc) is 3.03. The molecule has 1 aromatic rings. The van der Waals surface area contributed by atoms with Gasteiger partial charge in [-0.1, -0.05) is 18.9 Å². The molecule has 2 aliphatic heterocycles. The summed E-state index contributed by atoms with van der Waals surface area (Å²) in [6.45, 7) is 5.72. The number of guanidine groups is 1. The lowest BCUT2D eigenvalue weighted by atomic mass is 10.2. The van der Waals surface area contributed by atoms with Gasteiger partial charge in [0.25, 0.3) is 0 Å². The van der Waals surface area contributed by atoms with Crippen LogP contribution in [0, 0.1) is 0 Å². The van der Waals surface area contributed by atoms with Crippen LogP contribution in [-0.4, -0.2) is 79.3 Å². The topological polar surface area (TPSA) is 47.0 Å². The maximum Gasteiger partial charge on any atom is 0.403 e. The molecule has 176 valence electrons. The van der Waals surface area contributed by atoms with Gasteiger partial charge in [0.15, 0.2) is 5.96 Å². The molecule has 1 atom stereocenters. The third-order valence-electron chi connectivity index (χ3n) is 6.04. The number of hydrogen-bond acceptors (Lipinski definition) is 4. The van der Waals surface area contributed by atoms with Crippen LogP contribution in [0.15, 0.2) is 23.3 Å². The van der Waals surface area contributed by atoms with E-state index >= 15 is 0 Å². The largest absolute Gasteiger partial charge is 0.403 e. The summed E-state index contributed by atoms with van der Waals surface area (Å²) in [7, 11) is 1.70. The van der Waals surface area contributed by atoms with Crippen molar-refractivity contribution in [2.75, 3.05) is 51.2 Å². The van der Waals surface area contributed by atoms with Crippen molar-refractivity contribution < 1.29 is 13.2 Å². The molecule has 0 radical (unpaired) electrons. The molecule has 3 heterocycles. The summed E-state index contributed by atoms with van der Waals surface area (Å²) >= 11 is 0. The fourth-order valence-electron chi connectivity index (χ4n) is 4.05. The molecule has 0 amide bonds. The fraction of sp³-hybridized carbons (Fsp3) is 0.714. The van der Waals surface area contributed by atoms with Gasteiger partial charge in [0.1, 0.15) is 11.9 Å². The normalized spacial score (nSPS) is 20.1. The highest BCUT2D eigenvalue weighted by Gasteiger charge is 2.41. The SMILES string of the molecule is CN=C(NCc1ccc(N2CCCCCC2)nc1)N1CCN(C(C)C(F)(F)F)CC1.I. The van der Waals surface area contributed by atoms with Gasteiger partial charge in [0.05, 0.1) is 0 Å². The predicted octanol–water partition coefficient (Wildman–Crippen LogP) is 3.72. The molecule has 3 rings (SSSR count). The van der Waals surface area contributed by atoms with E-state index in [1.165, 1.54) is 37.5 Å². The fourth-order valence-corrected chi connectivity index (χ4v) is 4.05. The quantitative estimate of drug-likeness (QED) is 0.350. The Labute approximate surface area is 200 Å². The van der Waals surface area contributed by atoms with Crippen LogP contribution in [0.2, 0.25) is 0 Å². The van der Waals surface area contributed by atoms with Crippen molar-refractivity contribution in [2.24, 2.45) is 4.99 Å². The lowest BCUT2D eigenvalue weighted by Gasteiger charge is -2.39. The summed E-state index contributed by atoms with van der Waals surface area (Å²) in [4.78, 5) is 14.8. The molecule has 6 nitrogen and oxygen atoms in total. The number of anilines is 1. The van der Waals surface area contributed by atoms with Crippen LogP contribution in [0.25, 0.3) is 0 Å². The Morgan fingerprint density at radius 2 is 1.71 bits per heavy atom. The van der Waals surface area contributed by atoms with E-state index in [0.717, 1.165) is 24.5 Å². The van der Waals surface area contributed by atoms with E-state index in [0.29, 0.717) is 38.7 Å². The third-order valence-corrected chi connectivity index (χ3v) is 6.04. The highest BCUT2D eigenvalue weighted by atomic mass is 127. The second kappa shape index (κ2) is 12.1. The van der Waals surface area contributed by atoms with E-state index < -0.39 is 12.2 Å². The molecule has 0 spiro atoms. The summed E-state index contributed by atoms with van der Waals surface area (Å²) in [5.41, 5.74) is 1.05. The van der Waals surface area contributed by atoms with Crippen LogP contribution in [0.3, 0.4) is 0 Å². The number of pyridine rings is 1. The Balaban J connectivity index is 0.00000341. The lowest BCUT2D eigenvalue weighted by molar-refractivity contribution is -0.181. The number of hydrogen-bond donors (Lipinski definition) is 1. The molecule has 2 fully saturated rings. The highest BCUT2D eigenvalue weighted by Crippen LogP contribution is 2.25. The smallest absolute Gasteiger partial charge is 0.357 e. The standard InChI is InChI=1S/C21H33F3N6.HI/c1-17(21(22,23)24)28-11-13-30(14-12-28)20(25-2)27-16-18-7-8-19(26-15-18)29-9-5-3-4-6-10-29;/h7-8,15,17H,3-6,9-14,16H2,1-2H3,(H,25,27);1H. The number of piperazine rings is 1. The summed E-state index contributed by atoms with van der Waals surface area (Å²) in [5.74, 6) is 1.74. The van der Waals surface area contributed by atoms with E-state index in [1.54, 1.807) is 7.05 Å². The Hall–Kier alpha value is -1.30. The van der Waals surface area contributed by atoms with Crippen LogP contribution < -0.4 is 10.2 Å². The van der Waals surface area contributed by atoms with E-state index in [-0.39, 0.29) is 24.0 Å². The number of aromatic nitrogens is 1. The number of nitrogens with one attached hydrogen (secondary N) is 1. The molecule has 2 saturated heterocycles. The van der Waals surface area contributed by atoms with Gasteiger partial charge in [0, 0.05) is 59.1 Å². The van der Waals surface area contributed by atoms with Crippen molar-refractivity contribution >= 4 is 35.8 Å². The molecule has 0 bridgehead atoms. The monoisotopic (exact) mass is 554 g/mol. The number of nitrogens with zero attached hydrogens (tertiary/aromatic N) is 5. The molecular weight excluding hydrogens is 520 g/mol. The van der Waals surface area contributed by atoms with E-state index in [2.05, 4.69) is 32.3 Å².